The molecule has 0 amide bonds. The minimum Gasteiger partial charge on any atom is -0.456 e. The highest BCUT2D eigenvalue weighted by molar-refractivity contribution is 6.89. The number of para-hydroxylation sites is 1. The lowest BCUT2D eigenvalue weighted by atomic mass is 9.96. The van der Waals surface area contributed by atoms with Crippen molar-refractivity contribution in [2.45, 2.75) is 53.1 Å². The zero-order valence-electron chi connectivity index (χ0n) is 41.3. The third kappa shape index (κ3) is 7.33. The van der Waals surface area contributed by atoms with Gasteiger partial charge in [-0.2, -0.15) is 0 Å². The molecule has 6 heteroatoms. The third-order valence-corrected chi connectivity index (χ3v) is 18.5. The van der Waals surface area contributed by atoms with E-state index in [-0.39, 0.29) is 0 Å². The van der Waals surface area contributed by atoms with Crippen molar-refractivity contribution in [3.8, 4) is 5.69 Å². The summed E-state index contributed by atoms with van der Waals surface area (Å²) in [5.74, 6) is 0. The molecule has 4 nitrogen and oxygen atoms in total. The van der Waals surface area contributed by atoms with E-state index in [1.165, 1.54) is 53.8 Å². The molecule has 0 aliphatic heterocycles. The molecule has 2 heterocycles. The fraction of sp³-hybridized carbons (Fsp3) is 0.125. The first-order chi connectivity index (χ1) is 33.8. The number of furan rings is 1. The second kappa shape index (κ2) is 16.5. The fourth-order valence-electron chi connectivity index (χ4n) is 10.7. The number of rotatable bonds is 9. The quantitative estimate of drug-likeness (QED) is 0.135. The molecule has 0 aliphatic rings. The summed E-state index contributed by atoms with van der Waals surface area (Å²) in [6.45, 7) is 18.8. The number of anilines is 6. The molecule has 10 aromatic carbocycles. The molecule has 0 unspecified atom stereocenters. The highest BCUT2D eigenvalue weighted by atomic mass is 28.3. The van der Waals surface area contributed by atoms with Crippen molar-refractivity contribution in [1.82, 2.24) is 4.57 Å². The number of aryl methyl sites for hydroxylation is 2. The molecule has 0 atom stereocenters. The zero-order chi connectivity index (χ0) is 48.1. The van der Waals surface area contributed by atoms with E-state index in [1.807, 2.05) is 0 Å². The van der Waals surface area contributed by atoms with Crippen LogP contribution in [0.1, 0.15) is 11.1 Å². The third-order valence-electron chi connectivity index (χ3n) is 14.4. The first kappa shape index (κ1) is 43.6. The van der Waals surface area contributed by atoms with Crippen LogP contribution in [-0.4, -0.2) is 20.7 Å². The van der Waals surface area contributed by atoms with Crippen molar-refractivity contribution < 1.29 is 4.42 Å². The number of nitrogens with zero attached hydrogens (tertiary/aromatic N) is 3. The van der Waals surface area contributed by atoms with Crippen molar-refractivity contribution in [2.75, 3.05) is 9.80 Å². The van der Waals surface area contributed by atoms with Gasteiger partial charge >= 0.3 is 0 Å². The molecule has 0 fully saturated rings. The molecule has 70 heavy (non-hydrogen) atoms. The van der Waals surface area contributed by atoms with E-state index in [0.717, 1.165) is 72.8 Å². The number of aromatic nitrogens is 1. The number of fused-ring (bicyclic) bond motifs is 10. The number of hydrogen-bond acceptors (Lipinski definition) is 3. The van der Waals surface area contributed by atoms with Crippen LogP contribution in [0.5, 0.6) is 0 Å². The molecular weight excluding hydrogens is 883 g/mol. The van der Waals surface area contributed by atoms with Crippen molar-refractivity contribution in [1.29, 1.82) is 0 Å². The van der Waals surface area contributed by atoms with Crippen molar-refractivity contribution in [3.63, 3.8) is 0 Å². The van der Waals surface area contributed by atoms with Gasteiger partial charge in [-0.1, -0.05) is 176 Å². The lowest BCUT2D eigenvalue weighted by Crippen LogP contribution is -2.37. The lowest BCUT2D eigenvalue weighted by molar-refractivity contribution is 0.669. The smallest absolute Gasteiger partial charge is 0.135 e. The maximum absolute atomic E-state index is 6.47. The predicted octanol–water partition coefficient (Wildman–Crippen LogP) is 17.6. The highest BCUT2D eigenvalue weighted by Crippen LogP contribution is 2.50. The molecule has 0 saturated carbocycles. The Morgan fingerprint density at radius 1 is 0.357 bits per heavy atom. The van der Waals surface area contributed by atoms with Crippen LogP contribution in [-0.2, 0) is 0 Å². The second-order valence-corrected chi connectivity index (χ2v) is 31.4. The van der Waals surface area contributed by atoms with Gasteiger partial charge in [0.05, 0.1) is 38.6 Å². The largest absolute Gasteiger partial charge is 0.456 e. The van der Waals surface area contributed by atoms with Gasteiger partial charge in [-0.15, -0.1) is 0 Å². The Kier molecular flexibility index (Phi) is 10.3. The number of benzene rings is 10. The Morgan fingerprint density at radius 2 is 0.729 bits per heavy atom. The van der Waals surface area contributed by atoms with E-state index in [0.29, 0.717) is 0 Å². The summed E-state index contributed by atoms with van der Waals surface area (Å²) in [4.78, 5) is 4.94. The summed E-state index contributed by atoms with van der Waals surface area (Å²) < 4.78 is 9.00. The van der Waals surface area contributed by atoms with Crippen LogP contribution in [0.25, 0.3) is 71.0 Å². The maximum Gasteiger partial charge on any atom is 0.135 e. The molecule has 2 aromatic heterocycles. The summed E-state index contributed by atoms with van der Waals surface area (Å²) in [6.07, 6.45) is 0. The van der Waals surface area contributed by atoms with Gasteiger partial charge in [0.15, 0.2) is 0 Å². The molecule has 0 aliphatic carbocycles. The summed E-state index contributed by atoms with van der Waals surface area (Å²) in [5.41, 5.74) is 14.3. The van der Waals surface area contributed by atoms with Gasteiger partial charge in [0, 0.05) is 60.8 Å². The molecule has 0 saturated heterocycles. The van der Waals surface area contributed by atoms with E-state index in [2.05, 4.69) is 268 Å². The highest BCUT2D eigenvalue weighted by Gasteiger charge is 2.27. The normalized spacial score (nSPS) is 12.3. The van der Waals surface area contributed by atoms with E-state index in [9.17, 15) is 0 Å². The van der Waals surface area contributed by atoms with E-state index in [4.69, 9.17) is 4.42 Å². The van der Waals surface area contributed by atoms with Gasteiger partial charge in [0.2, 0.25) is 0 Å². The lowest BCUT2D eigenvalue weighted by Gasteiger charge is -2.28. The number of hydrogen-bond donors (Lipinski definition) is 0. The van der Waals surface area contributed by atoms with Crippen LogP contribution in [0.15, 0.2) is 205 Å². The van der Waals surface area contributed by atoms with Crippen LogP contribution in [0.4, 0.5) is 34.1 Å². The zero-order valence-corrected chi connectivity index (χ0v) is 43.3. The molecule has 12 rings (SSSR count). The topological polar surface area (TPSA) is 24.6 Å². The summed E-state index contributed by atoms with van der Waals surface area (Å²) >= 11 is 0. The maximum atomic E-state index is 6.47. The Morgan fingerprint density at radius 3 is 1.16 bits per heavy atom. The van der Waals surface area contributed by atoms with Crippen molar-refractivity contribution >= 4 is 126 Å². The minimum atomic E-state index is -1.56. The van der Waals surface area contributed by atoms with Crippen LogP contribution in [0.2, 0.25) is 39.3 Å². The van der Waals surface area contributed by atoms with Gasteiger partial charge < -0.3 is 18.8 Å². The standard InChI is InChI=1S/C64H57N3OSi2/c1-42-21-25-44(26-22-42)65(46-29-34-49(35-30-46)69(3,4)5)57-40-59-63(54-18-11-9-15-51(54)57)64-55-19-12-10-16-52(55)58(66(45-27-23-43(2)24-28-45)47-31-36-50(37-32-47)70(6,7)8)41-60(64)67(59)48-33-38-62-56(39-48)53-17-13-14-20-61(53)68-62/h9-41H,1-8H3. The van der Waals surface area contributed by atoms with Crippen LogP contribution in [0.3, 0.4) is 0 Å². The van der Waals surface area contributed by atoms with E-state index in [1.54, 1.807) is 0 Å². The first-order valence-corrected chi connectivity index (χ1v) is 31.6. The summed E-state index contributed by atoms with van der Waals surface area (Å²) in [7, 11) is -3.11. The predicted molar refractivity (Wildman–Crippen MR) is 308 cm³/mol. The van der Waals surface area contributed by atoms with Gasteiger partial charge in [-0.05, 0) is 110 Å². The van der Waals surface area contributed by atoms with E-state index >= 15 is 0 Å². The Bertz CT molecular complexity index is 3760. The van der Waals surface area contributed by atoms with Crippen molar-refractivity contribution in [2.24, 2.45) is 0 Å². The van der Waals surface area contributed by atoms with Gasteiger partial charge in [0.25, 0.3) is 0 Å². The van der Waals surface area contributed by atoms with Gasteiger partial charge in [-0.3, -0.25) is 0 Å². The summed E-state index contributed by atoms with van der Waals surface area (Å²) in [6, 6.07) is 74.9. The monoisotopic (exact) mass is 939 g/mol. The van der Waals surface area contributed by atoms with Crippen LogP contribution in [0, 0.1) is 13.8 Å². The minimum absolute atomic E-state index is 0.877. The summed E-state index contributed by atoms with van der Waals surface area (Å²) in [5, 5.41) is 12.3. The first-order valence-electron chi connectivity index (χ1n) is 24.6. The van der Waals surface area contributed by atoms with Gasteiger partial charge in [0.1, 0.15) is 11.2 Å². The average molecular weight is 940 g/mol. The Balaban J connectivity index is 1.23. The SMILES string of the molecule is Cc1ccc(N(c2ccc([Si](C)(C)C)cc2)c2cc3c(c4ccccc24)c2c4ccccc4c(N(c4ccc(C)cc4)c4ccc([Si](C)(C)C)cc4)cc2n3-c2ccc3oc4ccccc4c3c2)cc1. The van der Waals surface area contributed by atoms with Crippen LogP contribution < -0.4 is 20.2 Å². The molecule has 0 spiro atoms. The molecule has 342 valence electrons. The second-order valence-electron chi connectivity index (χ2n) is 21.2. The fourth-order valence-corrected chi connectivity index (χ4v) is 13.0. The Labute approximate surface area is 412 Å². The average Bonchev–Trinajstić information content (AvgIpc) is 3.90. The molecular formula is C64H57N3OSi2. The van der Waals surface area contributed by atoms with Crippen LogP contribution >= 0.6 is 0 Å². The Hall–Kier alpha value is -7.65. The van der Waals surface area contributed by atoms with E-state index < -0.39 is 16.1 Å². The van der Waals surface area contributed by atoms with Gasteiger partial charge in [-0.25, -0.2) is 0 Å². The molecule has 12 aromatic rings. The van der Waals surface area contributed by atoms with Crippen molar-refractivity contribution in [3.05, 3.63) is 211 Å². The molecule has 0 radical (unpaired) electrons. The molecule has 0 bridgehead atoms. The molecule has 0 N–H and O–H groups in total.